The van der Waals surface area contributed by atoms with Crippen LogP contribution in [0.15, 0.2) is 71.5 Å². The van der Waals surface area contributed by atoms with Crippen LogP contribution < -0.4 is 16.2 Å². The summed E-state index contributed by atoms with van der Waals surface area (Å²) in [6.07, 6.45) is 0. The van der Waals surface area contributed by atoms with Gasteiger partial charge in [-0.3, -0.25) is 14.4 Å². The Kier molecular flexibility index (Phi) is 6.49. The number of carbonyl (C=O) groups is 2. The van der Waals surface area contributed by atoms with Crippen LogP contribution in [0.1, 0.15) is 16.1 Å². The average Bonchev–Trinajstić information content (AvgIpc) is 2.71. The lowest BCUT2D eigenvalue weighted by atomic mass is 10.2. The second-order valence-corrected chi connectivity index (χ2v) is 6.22. The first-order valence-corrected chi connectivity index (χ1v) is 8.87. The maximum atomic E-state index is 12.6. The number of nitrogens with zero attached hydrogens (tertiary/aromatic N) is 2. The average molecular weight is 392 g/mol. The van der Waals surface area contributed by atoms with Gasteiger partial charge >= 0.3 is 0 Å². The van der Waals surface area contributed by atoms with Crippen LogP contribution in [-0.2, 0) is 16.1 Å². The molecule has 2 N–H and O–H groups in total. The van der Waals surface area contributed by atoms with E-state index in [1.807, 2.05) is 30.3 Å². The third-order valence-electron chi connectivity index (χ3n) is 3.95. The van der Waals surface area contributed by atoms with Crippen molar-refractivity contribution in [1.82, 2.24) is 9.78 Å². The van der Waals surface area contributed by atoms with E-state index in [2.05, 4.69) is 15.7 Å². The molecule has 0 atom stereocenters. The quantitative estimate of drug-likeness (QED) is 0.641. The van der Waals surface area contributed by atoms with Crippen molar-refractivity contribution in [3.63, 3.8) is 0 Å². The Labute approximate surface area is 167 Å². The molecule has 29 heavy (non-hydrogen) atoms. The van der Waals surface area contributed by atoms with E-state index < -0.39 is 5.91 Å². The van der Waals surface area contributed by atoms with Gasteiger partial charge in [0.25, 0.3) is 11.5 Å². The third kappa shape index (κ3) is 5.60. The Bertz CT molecular complexity index is 1060. The summed E-state index contributed by atoms with van der Waals surface area (Å²) in [6, 6.07) is 18.8. The number of nitrogens with one attached hydrogen (secondary N) is 2. The zero-order valence-corrected chi connectivity index (χ0v) is 15.8. The Balaban J connectivity index is 1.73. The number of methoxy groups -OCH3 is 1. The molecule has 0 aliphatic heterocycles. The van der Waals surface area contributed by atoms with Gasteiger partial charge in [-0.05, 0) is 29.8 Å². The SMILES string of the molecule is COCC(=O)Nc1cccc(NC(=O)c2ccc(=O)n(Cc3ccccc3)n2)c1. The van der Waals surface area contributed by atoms with Crippen molar-refractivity contribution in [2.24, 2.45) is 0 Å². The normalized spacial score (nSPS) is 10.4. The monoisotopic (exact) mass is 392 g/mol. The van der Waals surface area contributed by atoms with E-state index in [0.29, 0.717) is 11.4 Å². The summed E-state index contributed by atoms with van der Waals surface area (Å²) >= 11 is 0. The number of anilines is 2. The van der Waals surface area contributed by atoms with Crippen LogP contribution >= 0.6 is 0 Å². The van der Waals surface area contributed by atoms with Crippen LogP contribution in [0.3, 0.4) is 0 Å². The zero-order valence-electron chi connectivity index (χ0n) is 15.8. The number of hydrogen-bond donors (Lipinski definition) is 2. The van der Waals surface area contributed by atoms with Crippen LogP contribution in [0.4, 0.5) is 11.4 Å². The largest absolute Gasteiger partial charge is 0.375 e. The second-order valence-electron chi connectivity index (χ2n) is 6.22. The van der Waals surface area contributed by atoms with E-state index in [0.717, 1.165) is 5.56 Å². The fraction of sp³-hybridized carbons (Fsp3) is 0.143. The molecule has 0 radical (unpaired) electrons. The van der Waals surface area contributed by atoms with Crippen molar-refractivity contribution in [2.45, 2.75) is 6.54 Å². The van der Waals surface area contributed by atoms with Crippen LogP contribution in [0, 0.1) is 0 Å². The molecule has 8 nitrogen and oxygen atoms in total. The molecule has 8 heteroatoms. The highest BCUT2D eigenvalue weighted by molar-refractivity contribution is 6.03. The van der Waals surface area contributed by atoms with Crippen molar-refractivity contribution in [2.75, 3.05) is 24.4 Å². The first kappa shape index (κ1) is 20.0. The topological polar surface area (TPSA) is 102 Å². The smallest absolute Gasteiger partial charge is 0.276 e. The molecule has 0 saturated heterocycles. The number of carbonyl (C=O) groups excluding carboxylic acids is 2. The summed E-state index contributed by atoms with van der Waals surface area (Å²) in [6.45, 7) is 0.200. The van der Waals surface area contributed by atoms with Gasteiger partial charge in [-0.15, -0.1) is 0 Å². The first-order valence-electron chi connectivity index (χ1n) is 8.87. The maximum absolute atomic E-state index is 12.6. The number of benzene rings is 2. The fourth-order valence-electron chi connectivity index (χ4n) is 2.64. The second kappa shape index (κ2) is 9.43. The molecule has 0 saturated carbocycles. The number of ether oxygens (including phenoxy) is 1. The summed E-state index contributed by atoms with van der Waals surface area (Å²) in [5, 5.41) is 9.54. The highest BCUT2D eigenvalue weighted by Crippen LogP contribution is 2.15. The lowest BCUT2D eigenvalue weighted by Gasteiger charge is -2.10. The van der Waals surface area contributed by atoms with Crippen molar-refractivity contribution in [3.8, 4) is 0 Å². The summed E-state index contributed by atoms with van der Waals surface area (Å²) in [5.41, 5.74) is 1.71. The minimum absolute atomic E-state index is 0.0660. The van der Waals surface area contributed by atoms with E-state index in [-0.39, 0.29) is 30.3 Å². The zero-order chi connectivity index (χ0) is 20.6. The van der Waals surface area contributed by atoms with Crippen LogP contribution in [-0.4, -0.2) is 35.3 Å². The van der Waals surface area contributed by atoms with Gasteiger partial charge < -0.3 is 15.4 Å². The van der Waals surface area contributed by atoms with Crippen molar-refractivity contribution < 1.29 is 14.3 Å². The molecule has 3 aromatic rings. The lowest BCUT2D eigenvalue weighted by Crippen LogP contribution is -2.26. The van der Waals surface area contributed by atoms with Gasteiger partial charge in [-0.25, -0.2) is 4.68 Å². The first-order chi connectivity index (χ1) is 14.0. The van der Waals surface area contributed by atoms with Crippen LogP contribution in [0.2, 0.25) is 0 Å². The predicted molar refractivity (Wildman–Crippen MR) is 109 cm³/mol. The van der Waals surface area contributed by atoms with Gasteiger partial charge in [0, 0.05) is 24.6 Å². The Hall–Kier alpha value is -3.78. The van der Waals surface area contributed by atoms with E-state index in [9.17, 15) is 14.4 Å². The van der Waals surface area contributed by atoms with E-state index in [1.165, 1.54) is 23.9 Å². The van der Waals surface area contributed by atoms with Gasteiger partial charge in [-0.2, -0.15) is 5.10 Å². The molecule has 0 aliphatic rings. The highest BCUT2D eigenvalue weighted by atomic mass is 16.5. The summed E-state index contributed by atoms with van der Waals surface area (Å²) in [5.74, 6) is -0.766. The number of aromatic nitrogens is 2. The molecule has 0 aliphatic carbocycles. The van der Waals surface area contributed by atoms with E-state index in [4.69, 9.17) is 4.74 Å². The summed E-state index contributed by atoms with van der Waals surface area (Å²) in [7, 11) is 1.43. The molecule has 2 amide bonds. The lowest BCUT2D eigenvalue weighted by molar-refractivity contribution is -0.119. The molecule has 2 aromatic carbocycles. The Morgan fingerprint density at radius 1 is 0.966 bits per heavy atom. The van der Waals surface area contributed by atoms with Gasteiger partial charge in [-0.1, -0.05) is 36.4 Å². The van der Waals surface area contributed by atoms with E-state index in [1.54, 1.807) is 24.3 Å². The third-order valence-corrected chi connectivity index (χ3v) is 3.95. The molecule has 3 rings (SSSR count). The molecule has 1 aromatic heterocycles. The number of amides is 2. The maximum Gasteiger partial charge on any atom is 0.276 e. The van der Waals surface area contributed by atoms with Gasteiger partial charge in [0.05, 0.1) is 6.54 Å². The fourth-order valence-corrected chi connectivity index (χ4v) is 2.64. The van der Waals surface area contributed by atoms with Gasteiger partial charge in [0.1, 0.15) is 12.3 Å². The summed E-state index contributed by atoms with van der Waals surface area (Å²) in [4.78, 5) is 36.3. The molecule has 148 valence electrons. The minimum Gasteiger partial charge on any atom is -0.375 e. The number of hydrogen-bond acceptors (Lipinski definition) is 5. The molecule has 1 heterocycles. The molecule has 0 bridgehead atoms. The van der Waals surface area contributed by atoms with Gasteiger partial charge in [0.2, 0.25) is 5.91 Å². The standard InChI is InChI=1S/C21H20N4O4/c1-29-14-19(26)22-16-8-5-9-17(12-16)23-21(28)18-10-11-20(27)25(24-18)13-15-6-3-2-4-7-15/h2-12H,13-14H2,1H3,(H,22,26)(H,23,28). The molecular weight excluding hydrogens is 372 g/mol. The number of rotatable bonds is 7. The highest BCUT2D eigenvalue weighted by Gasteiger charge is 2.11. The van der Waals surface area contributed by atoms with Gasteiger partial charge in [0.15, 0.2) is 0 Å². The van der Waals surface area contributed by atoms with Crippen molar-refractivity contribution in [1.29, 1.82) is 0 Å². The summed E-state index contributed by atoms with van der Waals surface area (Å²) < 4.78 is 6.02. The Morgan fingerprint density at radius 3 is 2.41 bits per heavy atom. The minimum atomic E-state index is -0.466. The molecule has 0 fully saturated rings. The molecule has 0 unspecified atom stereocenters. The Morgan fingerprint density at radius 2 is 1.69 bits per heavy atom. The van der Waals surface area contributed by atoms with Crippen LogP contribution in [0.25, 0.3) is 0 Å². The van der Waals surface area contributed by atoms with E-state index >= 15 is 0 Å². The molecular formula is C21H20N4O4. The van der Waals surface area contributed by atoms with Crippen molar-refractivity contribution in [3.05, 3.63) is 88.3 Å². The molecule has 0 spiro atoms. The van der Waals surface area contributed by atoms with Crippen LogP contribution in [0.5, 0.6) is 0 Å². The predicted octanol–water partition coefficient (Wildman–Crippen LogP) is 2.13. The van der Waals surface area contributed by atoms with Crippen molar-refractivity contribution >= 4 is 23.2 Å².